The van der Waals surface area contributed by atoms with Crippen LogP contribution < -0.4 is 16.4 Å². The number of nitrogens with two attached hydrogens (primary N) is 1. The fourth-order valence-electron chi connectivity index (χ4n) is 1.71. The van der Waals surface area contributed by atoms with Gasteiger partial charge in [0.05, 0.1) is 17.0 Å². The van der Waals surface area contributed by atoms with Crippen molar-refractivity contribution in [1.82, 2.24) is 5.32 Å². The molecule has 1 heterocycles. The van der Waals surface area contributed by atoms with E-state index < -0.39 is 12.6 Å². The molecule has 2 rings (SSSR count). The van der Waals surface area contributed by atoms with Crippen molar-refractivity contribution in [1.29, 1.82) is 0 Å². The Morgan fingerprint density at radius 1 is 1.48 bits per heavy atom. The van der Waals surface area contributed by atoms with Gasteiger partial charge in [-0.1, -0.05) is 0 Å². The molecule has 0 spiro atoms. The van der Waals surface area contributed by atoms with Gasteiger partial charge < -0.3 is 16.4 Å². The van der Waals surface area contributed by atoms with Gasteiger partial charge in [-0.15, -0.1) is 23.1 Å². The lowest BCUT2D eigenvalue weighted by atomic mass is 10.3. The van der Waals surface area contributed by atoms with Crippen molar-refractivity contribution in [3.05, 3.63) is 4.88 Å². The van der Waals surface area contributed by atoms with Gasteiger partial charge in [0.25, 0.3) is 5.91 Å². The van der Waals surface area contributed by atoms with Crippen LogP contribution >= 0.6 is 23.1 Å². The Balaban J connectivity index is 2.07. The average Bonchev–Trinajstić information content (AvgIpc) is 3.12. The van der Waals surface area contributed by atoms with E-state index in [0.717, 1.165) is 24.2 Å². The largest absolute Gasteiger partial charge is 0.396 e. The Kier molecular flexibility index (Phi) is 4.92. The molecule has 0 saturated heterocycles. The van der Waals surface area contributed by atoms with E-state index in [4.69, 9.17) is 5.73 Å². The first-order valence-corrected chi connectivity index (χ1v) is 8.43. The maximum absolute atomic E-state index is 12.2. The van der Waals surface area contributed by atoms with E-state index in [9.17, 15) is 18.0 Å². The van der Waals surface area contributed by atoms with Crippen molar-refractivity contribution in [2.75, 3.05) is 23.9 Å². The van der Waals surface area contributed by atoms with Gasteiger partial charge in [-0.05, 0) is 19.1 Å². The zero-order chi connectivity index (χ0) is 15.6. The molecule has 0 aromatic carbocycles. The van der Waals surface area contributed by atoms with Crippen molar-refractivity contribution in [3.8, 4) is 0 Å². The summed E-state index contributed by atoms with van der Waals surface area (Å²) in [4.78, 5) is 13.0. The number of hydrogen-bond acceptors (Lipinski definition) is 5. The van der Waals surface area contributed by atoms with Gasteiger partial charge in [-0.3, -0.25) is 4.79 Å². The molecule has 1 amide bonds. The number of alkyl halides is 3. The normalized spacial score (nSPS) is 15.0. The van der Waals surface area contributed by atoms with Crippen LogP contribution in [-0.2, 0) is 0 Å². The lowest BCUT2D eigenvalue weighted by Gasteiger charge is -2.08. The van der Waals surface area contributed by atoms with Crippen molar-refractivity contribution >= 4 is 39.7 Å². The molecule has 9 heteroatoms. The van der Waals surface area contributed by atoms with Crippen LogP contribution in [0.1, 0.15) is 28.9 Å². The molecule has 0 aliphatic heterocycles. The molecule has 1 aromatic heterocycles. The predicted octanol–water partition coefficient (Wildman–Crippen LogP) is 3.31. The van der Waals surface area contributed by atoms with Gasteiger partial charge in [0, 0.05) is 12.6 Å². The molecule has 0 radical (unpaired) electrons. The van der Waals surface area contributed by atoms with Gasteiger partial charge in [0.2, 0.25) is 0 Å². The van der Waals surface area contributed by atoms with Crippen LogP contribution in [0.25, 0.3) is 0 Å². The smallest absolute Gasteiger partial charge is 0.390 e. The van der Waals surface area contributed by atoms with Gasteiger partial charge in [0.15, 0.2) is 0 Å². The minimum Gasteiger partial charge on any atom is -0.396 e. The van der Waals surface area contributed by atoms with Crippen LogP contribution in [0.3, 0.4) is 0 Å². The highest BCUT2D eigenvalue weighted by atomic mass is 32.2. The van der Waals surface area contributed by atoms with Crippen LogP contribution in [0.2, 0.25) is 0 Å². The Bertz CT molecular complexity index is 527. The van der Waals surface area contributed by atoms with Gasteiger partial charge in [-0.25, -0.2) is 0 Å². The summed E-state index contributed by atoms with van der Waals surface area (Å²) in [6, 6.07) is 0.207. The van der Waals surface area contributed by atoms with Gasteiger partial charge >= 0.3 is 6.18 Å². The number of carbonyl (C=O) groups is 1. The molecular weight excluding hydrogens is 323 g/mol. The summed E-state index contributed by atoms with van der Waals surface area (Å²) < 4.78 is 36.5. The highest BCUT2D eigenvalue weighted by molar-refractivity contribution is 7.99. The highest BCUT2D eigenvalue weighted by Gasteiger charge is 2.29. The number of hydrogen-bond donors (Lipinski definition) is 3. The summed E-state index contributed by atoms with van der Waals surface area (Å²) in [5.74, 6) is -0.251. The third-order valence-corrected chi connectivity index (χ3v) is 5.04. The van der Waals surface area contributed by atoms with E-state index in [1.165, 1.54) is 11.8 Å². The van der Waals surface area contributed by atoms with E-state index in [1.54, 1.807) is 6.26 Å². The maximum atomic E-state index is 12.2. The Morgan fingerprint density at radius 3 is 2.67 bits per heavy atom. The Hall–Kier alpha value is -1.09. The van der Waals surface area contributed by atoms with Crippen molar-refractivity contribution < 1.29 is 18.0 Å². The molecule has 1 saturated carbocycles. The van der Waals surface area contributed by atoms with Gasteiger partial charge in [0.1, 0.15) is 9.88 Å². The summed E-state index contributed by atoms with van der Waals surface area (Å²) in [6.07, 6.45) is -1.44. The van der Waals surface area contributed by atoms with E-state index in [0.29, 0.717) is 20.5 Å². The fraction of sp³-hybridized carbons (Fsp3) is 0.583. The van der Waals surface area contributed by atoms with Crippen LogP contribution in [-0.4, -0.2) is 30.9 Å². The summed E-state index contributed by atoms with van der Waals surface area (Å²) >= 11 is 2.42. The maximum Gasteiger partial charge on any atom is 0.390 e. The molecule has 1 aliphatic rings. The average molecular weight is 339 g/mol. The third kappa shape index (κ3) is 4.44. The summed E-state index contributed by atoms with van der Waals surface area (Å²) in [5, 5.41) is 6.07. The number of thioether (sulfide) groups is 1. The van der Waals surface area contributed by atoms with Crippen molar-refractivity contribution in [3.63, 3.8) is 0 Å². The second-order valence-electron chi connectivity index (χ2n) is 4.75. The number of amides is 1. The molecule has 0 atom stereocenters. The first-order valence-electron chi connectivity index (χ1n) is 6.39. The first kappa shape index (κ1) is 16.3. The topological polar surface area (TPSA) is 67.2 Å². The molecule has 1 aliphatic carbocycles. The third-order valence-electron chi connectivity index (χ3n) is 2.92. The van der Waals surface area contributed by atoms with Crippen LogP contribution in [0.15, 0.2) is 4.90 Å². The number of anilines is 2. The Labute approximate surface area is 128 Å². The fourth-order valence-corrected chi connectivity index (χ4v) is 3.68. The molecule has 1 fully saturated rings. The molecule has 1 aromatic rings. The number of nitrogen functional groups attached to an aromatic ring is 1. The van der Waals surface area contributed by atoms with E-state index in [2.05, 4.69) is 10.6 Å². The van der Waals surface area contributed by atoms with Crippen molar-refractivity contribution in [2.45, 2.75) is 36.4 Å². The molecule has 21 heavy (non-hydrogen) atoms. The minimum atomic E-state index is -4.21. The number of carbonyl (C=O) groups excluding carboxylic acids is 1. The van der Waals surface area contributed by atoms with Crippen molar-refractivity contribution in [2.24, 2.45) is 0 Å². The first-order chi connectivity index (χ1) is 9.81. The lowest BCUT2D eigenvalue weighted by molar-refractivity contribution is -0.131. The minimum absolute atomic E-state index is 0.207. The molecular formula is C12H16F3N3OS2. The summed E-state index contributed by atoms with van der Waals surface area (Å²) in [5.41, 5.74) is 6.27. The van der Waals surface area contributed by atoms with Gasteiger partial charge in [-0.2, -0.15) is 13.2 Å². The number of nitrogens with one attached hydrogen (secondary N) is 2. The van der Waals surface area contributed by atoms with Crippen LogP contribution in [0.5, 0.6) is 0 Å². The quantitative estimate of drug-likeness (QED) is 0.696. The number of halogens is 3. The molecule has 118 valence electrons. The van der Waals surface area contributed by atoms with E-state index >= 15 is 0 Å². The number of rotatable bonds is 6. The Morgan fingerprint density at radius 2 is 2.14 bits per heavy atom. The van der Waals surface area contributed by atoms with E-state index in [1.807, 2.05) is 0 Å². The molecule has 0 bridgehead atoms. The molecule has 0 unspecified atom stereocenters. The second kappa shape index (κ2) is 6.35. The summed E-state index contributed by atoms with van der Waals surface area (Å²) in [6.45, 7) is -0.235. The van der Waals surface area contributed by atoms with Crippen LogP contribution in [0, 0.1) is 0 Å². The van der Waals surface area contributed by atoms with Crippen LogP contribution in [0.4, 0.5) is 23.9 Å². The zero-order valence-corrected chi connectivity index (χ0v) is 13.0. The molecule has 4 nitrogen and oxygen atoms in total. The SMILES string of the molecule is CSc1c(NCCC(F)(F)F)sc(C(=O)NC2CC2)c1N. The summed E-state index contributed by atoms with van der Waals surface area (Å²) in [7, 11) is 0. The predicted molar refractivity (Wildman–Crippen MR) is 80.2 cm³/mol. The number of thiophene rings is 1. The highest BCUT2D eigenvalue weighted by Crippen LogP contribution is 2.42. The zero-order valence-electron chi connectivity index (χ0n) is 11.3. The van der Waals surface area contributed by atoms with E-state index in [-0.39, 0.29) is 18.5 Å². The molecule has 4 N–H and O–H groups in total. The monoisotopic (exact) mass is 339 g/mol. The second-order valence-corrected chi connectivity index (χ2v) is 6.58. The standard InChI is InChI=1S/C12H16F3N3OS2/c1-20-9-7(16)8(10(19)18-6-2-3-6)21-11(9)17-5-4-12(13,14)15/h6,17H,2-5,16H2,1H3,(H,18,19). The lowest BCUT2D eigenvalue weighted by Crippen LogP contribution is -2.25.